The van der Waals surface area contributed by atoms with Crippen LogP contribution in [0.4, 0.5) is 0 Å². The predicted molar refractivity (Wildman–Crippen MR) is 116 cm³/mol. The number of methoxy groups -OCH3 is 2. The summed E-state index contributed by atoms with van der Waals surface area (Å²) in [5, 5.41) is 4.21. The van der Waals surface area contributed by atoms with Gasteiger partial charge in [-0.05, 0) is 12.5 Å². The second-order valence-electron chi connectivity index (χ2n) is 7.24. The highest BCUT2D eigenvalue weighted by Crippen LogP contribution is 2.32. The maximum Gasteiger partial charge on any atom is 0.246 e. The van der Waals surface area contributed by atoms with Gasteiger partial charge in [0.1, 0.15) is 12.7 Å². The Balaban J connectivity index is 1.64. The molecule has 2 heterocycles. The topological polar surface area (TPSA) is 107 Å². The fourth-order valence-electron chi connectivity index (χ4n) is 3.56. The van der Waals surface area contributed by atoms with Crippen LogP contribution in [-0.4, -0.2) is 82.9 Å². The van der Waals surface area contributed by atoms with E-state index >= 15 is 0 Å². The molecule has 1 N–H and O–H groups in total. The molecule has 0 unspecified atom stereocenters. The summed E-state index contributed by atoms with van der Waals surface area (Å²) in [6.07, 6.45) is 3.15. The fraction of sp³-hybridized carbons (Fsp3) is 0.500. The lowest BCUT2D eigenvalue weighted by molar-refractivity contribution is -0.131. The number of rotatable bonds is 10. The van der Waals surface area contributed by atoms with Gasteiger partial charge in [0, 0.05) is 56.5 Å². The van der Waals surface area contributed by atoms with Gasteiger partial charge in [-0.3, -0.25) is 9.78 Å². The van der Waals surface area contributed by atoms with Crippen LogP contribution >= 0.6 is 11.6 Å². The second kappa shape index (κ2) is 10.7. The summed E-state index contributed by atoms with van der Waals surface area (Å²) in [5.41, 5.74) is 0. The van der Waals surface area contributed by atoms with Crippen LogP contribution in [0.1, 0.15) is 6.42 Å². The number of ether oxygens (including phenoxy) is 3. The summed E-state index contributed by atoms with van der Waals surface area (Å²) in [6, 6.07) is 4.66. The zero-order valence-corrected chi connectivity index (χ0v) is 19.0. The molecule has 1 atom stereocenters. The number of hydrogen-bond acceptors (Lipinski definition) is 7. The van der Waals surface area contributed by atoms with Gasteiger partial charge >= 0.3 is 0 Å². The van der Waals surface area contributed by atoms with E-state index in [2.05, 4.69) is 10.3 Å². The third kappa shape index (κ3) is 5.71. The molecule has 0 bridgehead atoms. The van der Waals surface area contributed by atoms with E-state index in [-0.39, 0.29) is 41.1 Å². The van der Waals surface area contributed by atoms with Crippen LogP contribution in [0.3, 0.4) is 0 Å². The normalized spacial score (nSPS) is 17.5. The summed E-state index contributed by atoms with van der Waals surface area (Å²) in [5.74, 6) is -0.319. The molecule has 1 aromatic heterocycles. The first kappa shape index (κ1) is 23.8. The zero-order valence-electron chi connectivity index (χ0n) is 17.4. The zero-order chi connectivity index (χ0) is 22.4. The average Bonchev–Trinajstić information content (AvgIpc) is 3.21. The molecule has 9 nitrogen and oxygen atoms in total. The highest BCUT2D eigenvalue weighted by molar-refractivity contribution is 7.89. The number of hydrogen-bond donors (Lipinski definition) is 1. The number of amides is 1. The first-order valence-corrected chi connectivity index (χ1v) is 11.6. The molecular formula is C20H26ClN3O6S. The monoisotopic (exact) mass is 471 g/mol. The first-order valence-electron chi connectivity index (χ1n) is 9.78. The summed E-state index contributed by atoms with van der Waals surface area (Å²) in [4.78, 5) is 16.4. The third-order valence-electron chi connectivity index (χ3n) is 4.99. The molecule has 2 aromatic rings. The number of nitrogens with zero attached hydrogens (tertiary/aromatic N) is 2. The van der Waals surface area contributed by atoms with Crippen LogP contribution in [0.25, 0.3) is 10.8 Å². The fourth-order valence-corrected chi connectivity index (χ4v) is 5.62. The van der Waals surface area contributed by atoms with Crippen LogP contribution in [0.2, 0.25) is 5.02 Å². The van der Waals surface area contributed by atoms with Crippen molar-refractivity contribution in [3.05, 3.63) is 35.6 Å². The van der Waals surface area contributed by atoms with Crippen LogP contribution < -0.4 is 5.32 Å². The second-order valence-corrected chi connectivity index (χ2v) is 9.55. The molecule has 1 aliphatic rings. The summed E-state index contributed by atoms with van der Waals surface area (Å²) >= 11 is 6.24. The average molecular weight is 472 g/mol. The van der Waals surface area contributed by atoms with Gasteiger partial charge in [-0.1, -0.05) is 23.7 Å². The van der Waals surface area contributed by atoms with E-state index in [1.807, 2.05) is 0 Å². The summed E-state index contributed by atoms with van der Waals surface area (Å²) in [6.45, 7) is 0.919. The number of carbonyl (C=O) groups is 1. The minimum Gasteiger partial charge on any atom is -0.382 e. The van der Waals surface area contributed by atoms with Gasteiger partial charge in [-0.2, -0.15) is 4.31 Å². The van der Waals surface area contributed by atoms with Crippen molar-refractivity contribution in [3.63, 3.8) is 0 Å². The lowest BCUT2D eigenvalue weighted by Gasteiger charge is -2.19. The Morgan fingerprint density at radius 1 is 1.29 bits per heavy atom. The van der Waals surface area contributed by atoms with Crippen molar-refractivity contribution in [2.75, 3.05) is 47.1 Å². The van der Waals surface area contributed by atoms with Gasteiger partial charge in [0.15, 0.2) is 0 Å². The number of benzene rings is 1. The van der Waals surface area contributed by atoms with Gasteiger partial charge < -0.3 is 19.5 Å². The molecule has 0 aliphatic carbocycles. The number of aromatic nitrogens is 1. The van der Waals surface area contributed by atoms with Gasteiger partial charge in [0.2, 0.25) is 15.9 Å². The Kier molecular flexibility index (Phi) is 8.20. The third-order valence-corrected chi connectivity index (χ3v) is 7.18. The van der Waals surface area contributed by atoms with E-state index in [1.165, 1.54) is 16.6 Å². The lowest BCUT2D eigenvalue weighted by Crippen LogP contribution is -2.41. The molecule has 31 heavy (non-hydrogen) atoms. The van der Waals surface area contributed by atoms with Crippen molar-refractivity contribution in [1.29, 1.82) is 0 Å². The Morgan fingerprint density at radius 2 is 2.03 bits per heavy atom. The molecule has 1 aliphatic heterocycles. The maximum absolute atomic E-state index is 13.3. The molecule has 1 amide bonds. The molecule has 0 spiro atoms. The van der Waals surface area contributed by atoms with Gasteiger partial charge in [0.25, 0.3) is 0 Å². The summed E-state index contributed by atoms with van der Waals surface area (Å²) in [7, 11) is -0.710. The van der Waals surface area contributed by atoms with Crippen LogP contribution in [-0.2, 0) is 29.0 Å². The van der Waals surface area contributed by atoms with Gasteiger partial charge in [0.05, 0.1) is 23.1 Å². The van der Waals surface area contributed by atoms with Crippen molar-refractivity contribution in [2.45, 2.75) is 23.5 Å². The van der Waals surface area contributed by atoms with Crippen molar-refractivity contribution in [3.8, 4) is 0 Å². The molecule has 11 heteroatoms. The van der Waals surface area contributed by atoms with Crippen molar-refractivity contribution >= 4 is 38.3 Å². The molecule has 0 saturated carbocycles. The minimum atomic E-state index is -3.79. The molecule has 3 rings (SSSR count). The standard InChI is InChI=1S/C20H26ClN3O6S/c1-28-11-16(12-29-2)30-13-19(25)23-15-6-7-24(10-15)31(26,27)18-5-3-4-14-8-22-9-17(21)20(14)18/h3-5,8-9,15-16H,6-7,10-13H2,1-2H3,(H,23,25)/t15-/m0/s1. The smallest absolute Gasteiger partial charge is 0.246 e. The van der Waals surface area contributed by atoms with E-state index < -0.39 is 10.0 Å². The van der Waals surface area contributed by atoms with Gasteiger partial charge in [-0.25, -0.2) is 8.42 Å². The van der Waals surface area contributed by atoms with E-state index in [9.17, 15) is 13.2 Å². The van der Waals surface area contributed by atoms with E-state index in [4.69, 9.17) is 25.8 Å². The van der Waals surface area contributed by atoms with E-state index in [0.29, 0.717) is 37.0 Å². The minimum absolute atomic E-state index is 0.134. The Labute approximate surface area is 186 Å². The Bertz CT molecular complexity index is 1010. The number of fused-ring (bicyclic) bond motifs is 1. The number of pyridine rings is 1. The molecular weight excluding hydrogens is 446 g/mol. The van der Waals surface area contributed by atoms with E-state index in [1.54, 1.807) is 32.5 Å². The molecule has 0 radical (unpaired) electrons. The lowest BCUT2D eigenvalue weighted by atomic mass is 10.2. The number of nitrogens with one attached hydrogen (secondary N) is 1. The van der Waals surface area contributed by atoms with Crippen LogP contribution in [0.5, 0.6) is 0 Å². The number of sulfonamides is 1. The molecule has 1 aromatic carbocycles. The van der Waals surface area contributed by atoms with Gasteiger partial charge in [-0.15, -0.1) is 0 Å². The Morgan fingerprint density at radius 3 is 2.74 bits per heavy atom. The molecule has 1 saturated heterocycles. The maximum atomic E-state index is 13.3. The largest absolute Gasteiger partial charge is 0.382 e. The highest BCUT2D eigenvalue weighted by atomic mass is 35.5. The SMILES string of the molecule is COCC(COC)OCC(=O)N[C@H]1CCN(S(=O)(=O)c2cccc3cncc(Cl)c23)C1. The first-order chi connectivity index (χ1) is 14.9. The highest BCUT2D eigenvalue weighted by Gasteiger charge is 2.34. The van der Waals surface area contributed by atoms with Crippen molar-refractivity contribution in [2.24, 2.45) is 0 Å². The van der Waals surface area contributed by atoms with Crippen molar-refractivity contribution < 1.29 is 27.4 Å². The predicted octanol–water partition coefficient (Wildman–Crippen LogP) is 1.45. The quantitative estimate of drug-likeness (QED) is 0.558. The molecule has 170 valence electrons. The number of carbonyl (C=O) groups excluding carboxylic acids is 1. The summed E-state index contributed by atoms with van der Waals surface area (Å²) < 4.78 is 43.5. The Hall–Kier alpha value is -1.82. The van der Waals surface area contributed by atoms with Crippen LogP contribution in [0, 0.1) is 0 Å². The van der Waals surface area contributed by atoms with Crippen LogP contribution in [0.15, 0.2) is 35.5 Å². The van der Waals surface area contributed by atoms with Crippen molar-refractivity contribution in [1.82, 2.24) is 14.6 Å². The number of halogens is 1. The van der Waals surface area contributed by atoms with E-state index in [0.717, 1.165) is 0 Å². The molecule has 1 fully saturated rings.